The molecule has 28 heavy (non-hydrogen) atoms. The minimum absolute atomic E-state index is 0.161. The molecule has 0 atom stereocenters. The fourth-order valence-electron chi connectivity index (χ4n) is 3.21. The van der Waals surface area contributed by atoms with E-state index in [-0.39, 0.29) is 5.57 Å². The number of ether oxygens (including phenoxy) is 1. The van der Waals surface area contributed by atoms with Crippen LogP contribution in [-0.4, -0.2) is 44.1 Å². The largest absolute Gasteiger partial charge is 0.441 e. The zero-order valence-corrected chi connectivity index (χ0v) is 15.3. The Balaban J connectivity index is 1.64. The van der Waals surface area contributed by atoms with Crippen LogP contribution < -0.4 is 15.1 Å². The summed E-state index contributed by atoms with van der Waals surface area (Å²) in [5.41, 5.74) is 1.01. The molecule has 2 saturated heterocycles. The van der Waals surface area contributed by atoms with Gasteiger partial charge < -0.3 is 14.1 Å². The molecule has 8 heteroatoms. The van der Waals surface area contributed by atoms with Crippen LogP contribution in [-0.2, 0) is 14.3 Å². The molecule has 1 N–H and O–H groups in total. The van der Waals surface area contributed by atoms with Gasteiger partial charge in [0.15, 0.2) is 5.88 Å². The van der Waals surface area contributed by atoms with E-state index in [4.69, 9.17) is 9.15 Å². The van der Waals surface area contributed by atoms with Gasteiger partial charge in [0.1, 0.15) is 11.3 Å². The van der Waals surface area contributed by atoms with E-state index >= 15 is 0 Å². The van der Waals surface area contributed by atoms with E-state index in [0.717, 1.165) is 10.5 Å². The van der Waals surface area contributed by atoms with Crippen LogP contribution in [0.2, 0.25) is 0 Å². The average molecular weight is 381 g/mol. The van der Waals surface area contributed by atoms with Crippen LogP contribution in [0.15, 0.2) is 46.4 Å². The molecular weight excluding hydrogens is 362 g/mol. The monoisotopic (exact) mass is 381 g/mol. The van der Waals surface area contributed by atoms with Gasteiger partial charge in [-0.2, -0.15) is 0 Å². The molecule has 2 aliphatic rings. The summed E-state index contributed by atoms with van der Waals surface area (Å²) in [6.45, 7) is 4.44. The quantitative estimate of drug-likeness (QED) is 0.647. The smallest absolute Gasteiger partial charge is 0.335 e. The number of morpholine rings is 1. The predicted octanol–water partition coefficient (Wildman–Crippen LogP) is 2.09. The number of amides is 4. The van der Waals surface area contributed by atoms with Crippen molar-refractivity contribution in [1.82, 2.24) is 5.32 Å². The maximum absolute atomic E-state index is 12.9. The lowest BCUT2D eigenvalue weighted by atomic mass is 10.1. The molecule has 2 fully saturated rings. The third kappa shape index (κ3) is 3.29. The second-order valence-electron chi connectivity index (χ2n) is 6.52. The lowest BCUT2D eigenvalue weighted by molar-refractivity contribution is -0.122. The van der Waals surface area contributed by atoms with E-state index < -0.39 is 17.8 Å². The van der Waals surface area contributed by atoms with Crippen molar-refractivity contribution in [3.63, 3.8) is 0 Å². The summed E-state index contributed by atoms with van der Waals surface area (Å²) >= 11 is 0. The molecule has 1 aromatic heterocycles. The van der Waals surface area contributed by atoms with Crippen molar-refractivity contribution >= 4 is 35.5 Å². The van der Waals surface area contributed by atoms with Crippen molar-refractivity contribution in [3.05, 3.63) is 53.3 Å². The van der Waals surface area contributed by atoms with Crippen molar-refractivity contribution in [2.45, 2.75) is 6.92 Å². The first-order chi connectivity index (χ1) is 13.5. The number of furan rings is 1. The van der Waals surface area contributed by atoms with E-state index in [2.05, 4.69) is 5.32 Å². The maximum atomic E-state index is 12.9. The number of hydrogen-bond donors (Lipinski definition) is 1. The predicted molar refractivity (Wildman–Crippen MR) is 102 cm³/mol. The molecule has 2 aromatic rings. The second-order valence-corrected chi connectivity index (χ2v) is 6.52. The molecule has 3 heterocycles. The van der Waals surface area contributed by atoms with Gasteiger partial charge in [-0.05, 0) is 30.7 Å². The molecule has 0 unspecified atom stereocenters. The molecule has 4 rings (SSSR count). The first kappa shape index (κ1) is 18.0. The molecule has 0 radical (unpaired) electrons. The topological polar surface area (TPSA) is 92.1 Å². The Morgan fingerprint density at radius 1 is 1.04 bits per heavy atom. The van der Waals surface area contributed by atoms with Gasteiger partial charge in [-0.15, -0.1) is 0 Å². The van der Waals surface area contributed by atoms with Crippen molar-refractivity contribution in [2.24, 2.45) is 0 Å². The Morgan fingerprint density at radius 3 is 2.54 bits per heavy atom. The van der Waals surface area contributed by atoms with Crippen LogP contribution in [0.3, 0.4) is 0 Å². The number of imide groups is 2. The molecule has 2 aliphatic heterocycles. The number of carbonyl (C=O) groups is 3. The van der Waals surface area contributed by atoms with Crippen LogP contribution in [0.4, 0.5) is 16.4 Å². The number of nitrogens with one attached hydrogen (secondary N) is 1. The lowest BCUT2D eigenvalue weighted by Crippen LogP contribution is -2.54. The molecule has 0 saturated carbocycles. The number of benzene rings is 1. The Bertz CT molecular complexity index is 972. The maximum Gasteiger partial charge on any atom is 0.335 e. The van der Waals surface area contributed by atoms with E-state index in [1.165, 1.54) is 6.08 Å². The molecule has 144 valence electrons. The van der Waals surface area contributed by atoms with Crippen molar-refractivity contribution in [2.75, 3.05) is 36.1 Å². The average Bonchev–Trinajstić information content (AvgIpc) is 3.16. The first-order valence-corrected chi connectivity index (χ1v) is 8.94. The molecule has 0 aliphatic carbocycles. The number of urea groups is 1. The highest BCUT2D eigenvalue weighted by molar-refractivity contribution is 6.39. The third-order valence-electron chi connectivity index (χ3n) is 4.68. The van der Waals surface area contributed by atoms with Crippen molar-refractivity contribution < 1.29 is 23.5 Å². The van der Waals surface area contributed by atoms with Gasteiger partial charge in [0, 0.05) is 19.2 Å². The van der Waals surface area contributed by atoms with Gasteiger partial charge in [-0.25, -0.2) is 9.69 Å². The summed E-state index contributed by atoms with van der Waals surface area (Å²) in [6.07, 6.45) is 1.36. The van der Waals surface area contributed by atoms with Gasteiger partial charge in [0.25, 0.3) is 11.8 Å². The number of hydrogen-bond acceptors (Lipinski definition) is 6. The zero-order chi connectivity index (χ0) is 19.7. The fourth-order valence-corrected chi connectivity index (χ4v) is 3.21. The fraction of sp³-hybridized carbons (Fsp3) is 0.250. The zero-order valence-electron chi connectivity index (χ0n) is 15.3. The van der Waals surface area contributed by atoms with Crippen molar-refractivity contribution in [3.8, 4) is 0 Å². The molecule has 8 nitrogen and oxygen atoms in total. The Kier molecular flexibility index (Phi) is 4.70. The molecule has 1 aromatic carbocycles. The highest BCUT2D eigenvalue weighted by Gasteiger charge is 2.37. The molecular formula is C20H19N3O5. The number of rotatable bonds is 3. The molecule has 0 bridgehead atoms. The molecule has 0 spiro atoms. The summed E-state index contributed by atoms with van der Waals surface area (Å²) in [6, 6.07) is 9.68. The van der Waals surface area contributed by atoms with Gasteiger partial charge in [-0.1, -0.05) is 18.2 Å². The molecule has 4 amide bonds. The SMILES string of the molecule is Cc1ccccc1N1C(=O)NC(=O)/C(=C/c2ccc(N3CCOCC3)o2)C1=O. The van der Waals surface area contributed by atoms with Crippen LogP contribution in [0.1, 0.15) is 11.3 Å². The summed E-state index contributed by atoms with van der Waals surface area (Å²) in [5.74, 6) is -0.429. The lowest BCUT2D eigenvalue weighted by Gasteiger charge is -2.27. The summed E-state index contributed by atoms with van der Waals surface area (Å²) in [4.78, 5) is 40.5. The minimum Gasteiger partial charge on any atom is -0.441 e. The number of aryl methyl sites for hydroxylation is 1. The van der Waals surface area contributed by atoms with E-state index in [9.17, 15) is 14.4 Å². The van der Waals surface area contributed by atoms with Crippen molar-refractivity contribution in [1.29, 1.82) is 0 Å². The third-order valence-corrected chi connectivity index (χ3v) is 4.68. The van der Waals surface area contributed by atoms with Crippen LogP contribution in [0.25, 0.3) is 6.08 Å². The summed E-state index contributed by atoms with van der Waals surface area (Å²) in [7, 11) is 0. The van der Waals surface area contributed by atoms with E-state index in [1.54, 1.807) is 37.3 Å². The highest BCUT2D eigenvalue weighted by Crippen LogP contribution is 2.26. The van der Waals surface area contributed by atoms with E-state index in [0.29, 0.717) is 43.6 Å². The number of carbonyl (C=O) groups excluding carboxylic acids is 3. The van der Waals surface area contributed by atoms with E-state index in [1.807, 2.05) is 11.0 Å². The number of nitrogens with zero attached hydrogens (tertiary/aromatic N) is 2. The van der Waals surface area contributed by atoms with Crippen LogP contribution >= 0.6 is 0 Å². The number of anilines is 2. The normalized spacial score (nSPS) is 19.3. The summed E-state index contributed by atoms with van der Waals surface area (Å²) < 4.78 is 11.1. The van der Waals surface area contributed by atoms with Crippen LogP contribution in [0.5, 0.6) is 0 Å². The minimum atomic E-state index is -0.769. The number of barbiturate groups is 1. The Hall–Kier alpha value is -3.39. The highest BCUT2D eigenvalue weighted by atomic mass is 16.5. The Morgan fingerprint density at radius 2 is 1.79 bits per heavy atom. The second kappa shape index (κ2) is 7.32. The number of para-hydroxylation sites is 1. The van der Waals surface area contributed by atoms with Gasteiger partial charge in [-0.3, -0.25) is 14.9 Å². The summed E-state index contributed by atoms with van der Waals surface area (Å²) in [5, 5.41) is 2.22. The van der Waals surface area contributed by atoms with Crippen LogP contribution in [0, 0.1) is 6.92 Å². The Labute approximate surface area is 161 Å². The van der Waals surface area contributed by atoms with Gasteiger partial charge in [0.2, 0.25) is 0 Å². The van der Waals surface area contributed by atoms with Gasteiger partial charge >= 0.3 is 6.03 Å². The van der Waals surface area contributed by atoms with Gasteiger partial charge in [0.05, 0.1) is 18.9 Å². The standard InChI is InChI=1S/C20H19N3O5/c1-13-4-2-3-5-16(13)23-19(25)15(18(24)21-20(23)26)12-14-6-7-17(28-14)22-8-10-27-11-9-22/h2-7,12H,8-11H2,1H3,(H,21,24,26)/b15-12-. The first-order valence-electron chi connectivity index (χ1n) is 8.94.